The van der Waals surface area contributed by atoms with Gasteiger partial charge in [-0.15, -0.1) is 0 Å². The van der Waals surface area contributed by atoms with Gasteiger partial charge in [-0.1, -0.05) is 36.6 Å². The maximum absolute atomic E-state index is 13.0. The van der Waals surface area contributed by atoms with E-state index in [1.54, 1.807) is 0 Å². The highest BCUT2D eigenvalue weighted by atomic mass is 35.5. The van der Waals surface area contributed by atoms with Gasteiger partial charge in [-0.25, -0.2) is 0 Å². The van der Waals surface area contributed by atoms with Crippen LogP contribution in [0.15, 0.2) is 24.3 Å². The number of nitrogens with one attached hydrogen (secondary N) is 2. The Hall–Kier alpha value is -1.55. The van der Waals surface area contributed by atoms with Crippen molar-refractivity contribution in [3.05, 3.63) is 34.9 Å². The van der Waals surface area contributed by atoms with E-state index in [9.17, 15) is 9.59 Å². The molecule has 1 aliphatic heterocycles. The minimum absolute atomic E-state index is 0.00853. The van der Waals surface area contributed by atoms with Gasteiger partial charge < -0.3 is 10.6 Å². The Bertz CT molecular complexity index is 628. The number of halogens is 1. The number of hydrogen-bond donors (Lipinski definition) is 2. The van der Waals surface area contributed by atoms with Gasteiger partial charge in [-0.3, -0.25) is 9.59 Å². The summed E-state index contributed by atoms with van der Waals surface area (Å²) in [6.45, 7) is 0.670. The molecule has 1 saturated heterocycles. The van der Waals surface area contributed by atoms with Crippen molar-refractivity contribution in [1.82, 2.24) is 10.6 Å². The van der Waals surface area contributed by atoms with Crippen molar-refractivity contribution < 1.29 is 9.59 Å². The van der Waals surface area contributed by atoms with Crippen molar-refractivity contribution in [2.24, 2.45) is 11.8 Å². The van der Waals surface area contributed by atoms with Gasteiger partial charge >= 0.3 is 0 Å². The Morgan fingerprint density at radius 2 is 1.88 bits per heavy atom. The van der Waals surface area contributed by atoms with Crippen LogP contribution in [0.25, 0.3) is 0 Å². The summed E-state index contributed by atoms with van der Waals surface area (Å²) in [6, 6.07) is 7.93. The van der Waals surface area contributed by atoms with Crippen molar-refractivity contribution in [2.45, 2.75) is 63.8 Å². The van der Waals surface area contributed by atoms with Gasteiger partial charge in [0.25, 0.3) is 0 Å². The molecule has 1 saturated carbocycles. The Morgan fingerprint density at radius 1 is 1.12 bits per heavy atom. The van der Waals surface area contributed by atoms with Crippen molar-refractivity contribution in [1.29, 1.82) is 0 Å². The molecule has 142 valence electrons. The van der Waals surface area contributed by atoms with Crippen LogP contribution in [0.4, 0.5) is 0 Å². The standard InChI is InChI=1S/C21H29ClN2O2/c22-18-11-3-9-17(14-18)20(15-6-1-2-7-15)24-21(26)16-8-4-12-19(25)23-13-5-10-16/h3,9,11,14-16,20H,1-2,4-8,10,12-13H2,(H,23,25)(H,24,26)/t16-,20?/m1/s1. The van der Waals surface area contributed by atoms with E-state index >= 15 is 0 Å². The molecular formula is C21H29ClN2O2. The molecule has 2 atom stereocenters. The Kier molecular flexibility index (Phi) is 6.95. The van der Waals surface area contributed by atoms with Crippen LogP contribution < -0.4 is 10.6 Å². The van der Waals surface area contributed by atoms with Crippen LogP contribution in [0.5, 0.6) is 0 Å². The lowest BCUT2D eigenvalue weighted by molar-refractivity contribution is -0.127. The highest BCUT2D eigenvalue weighted by Crippen LogP contribution is 2.36. The maximum atomic E-state index is 13.0. The topological polar surface area (TPSA) is 58.2 Å². The SMILES string of the molecule is O=C1CCC[C@@H](C(=O)NC(c2cccc(Cl)c2)C2CCCC2)CCCN1. The Labute approximate surface area is 161 Å². The lowest BCUT2D eigenvalue weighted by Gasteiger charge is -2.28. The molecule has 0 radical (unpaired) electrons. The van der Waals surface area contributed by atoms with Crippen molar-refractivity contribution >= 4 is 23.4 Å². The fraction of sp³-hybridized carbons (Fsp3) is 0.619. The van der Waals surface area contributed by atoms with E-state index in [0.717, 1.165) is 44.1 Å². The molecule has 2 N–H and O–H groups in total. The van der Waals surface area contributed by atoms with Gasteiger partial charge in [0.05, 0.1) is 6.04 Å². The zero-order valence-corrected chi connectivity index (χ0v) is 16.1. The first-order valence-corrected chi connectivity index (χ1v) is 10.3. The minimum Gasteiger partial charge on any atom is -0.356 e. The monoisotopic (exact) mass is 376 g/mol. The number of amides is 2. The predicted molar refractivity (Wildman–Crippen MR) is 104 cm³/mol. The highest BCUT2D eigenvalue weighted by Gasteiger charge is 2.30. The second kappa shape index (κ2) is 9.40. The van der Waals surface area contributed by atoms with Gasteiger partial charge in [-0.2, -0.15) is 0 Å². The van der Waals surface area contributed by atoms with Crippen LogP contribution in [0.2, 0.25) is 5.02 Å². The minimum atomic E-state index is -0.00853. The molecule has 1 aliphatic carbocycles. The van der Waals surface area contributed by atoms with E-state index in [1.165, 1.54) is 12.8 Å². The molecule has 1 aromatic carbocycles. The number of benzene rings is 1. The molecule has 1 aromatic rings. The number of hydrogen-bond acceptors (Lipinski definition) is 2. The molecule has 4 nitrogen and oxygen atoms in total. The van der Waals surface area contributed by atoms with Crippen LogP contribution in [0, 0.1) is 11.8 Å². The van der Waals surface area contributed by atoms with Gasteiger partial charge in [-0.05, 0) is 62.1 Å². The molecule has 2 aliphatic rings. The molecule has 26 heavy (non-hydrogen) atoms. The van der Waals surface area contributed by atoms with Crippen molar-refractivity contribution in [2.75, 3.05) is 6.54 Å². The molecule has 1 unspecified atom stereocenters. The summed E-state index contributed by atoms with van der Waals surface area (Å²) in [5.74, 6) is 0.716. The van der Waals surface area contributed by atoms with Crippen LogP contribution in [-0.4, -0.2) is 18.4 Å². The fourth-order valence-electron chi connectivity index (χ4n) is 4.32. The molecule has 0 spiro atoms. The summed E-state index contributed by atoms with van der Waals surface area (Å²) in [4.78, 5) is 24.6. The third kappa shape index (κ3) is 5.23. The van der Waals surface area contributed by atoms with Crippen LogP contribution in [0.3, 0.4) is 0 Å². The Morgan fingerprint density at radius 3 is 2.65 bits per heavy atom. The van der Waals surface area contributed by atoms with E-state index in [0.29, 0.717) is 23.9 Å². The average Bonchev–Trinajstić information content (AvgIpc) is 3.17. The first kappa shape index (κ1) is 19.2. The third-order valence-electron chi connectivity index (χ3n) is 5.76. The summed E-state index contributed by atoms with van der Waals surface area (Å²) < 4.78 is 0. The zero-order chi connectivity index (χ0) is 18.4. The first-order valence-electron chi connectivity index (χ1n) is 9.96. The smallest absolute Gasteiger partial charge is 0.223 e. The number of carbonyl (C=O) groups excluding carboxylic acids is 2. The average molecular weight is 377 g/mol. The van der Waals surface area contributed by atoms with Crippen LogP contribution in [0.1, 0.15) is 69.4 Å². The number of rotatable bonds is 4. The second-order valence-electron chi connectivity index (χ2n) is 7.67. The van der Waals surface area contributed by atoms with E-state index < -0.39 is 0 Å². The molecule has 5 heteroatoms. The van der Waals surface area contributed by atoms with E-state index in [2.05, 4.69) is 16.7 Å². The number of carbonyl (C=O) groups is 2. The summed E-state index contributed by atoms with van der Waals surface area (Å²) in [6.07, 6.45) is 8.53. The molecule has 3 rings (SSSR count). The predicted octanol–water partition coefficient (Wildman–Crippen LogP) is 4.38. The molecular weight excluding hydrogens is 348 g/mol. The summed E-state index contributed by atoms with van der Waals surface area (Å²) in [5.41, 5.74) is 1.11. The highest BCUT2D eigenvalue weighted by molar-refractivity contribution is 6.30. The van der Waals surface area contributed by atoms with Gasteiger partial charge in [0.2, 0.25) is 11.8 Å². The summed E-state index contributed by atoms with van der Waals surface area (Å²) in [7, 11) is 0. The molecule has 1 heterocycles. The van der Waals surface area contributed by atoms with E-state index in [-0.39, 0.29) is 23.8 Å². The van der Waals surface area contributed by atoms with Crippen molar-refractivity contribution in [3.63, 3.8) is 0 Å². The lowest BCUT2D eigenvalue weighted by Crippen LogP contribution is -2.37. The largest absolute Gasteiger partial charge is 0.356 e. The normalized spacial score (nSPS) is 23.4. The fourth-order valence-corrected chi connectivity index (χ4v) is 4.51. The van der Waals surface area contributed by atoms with Crippen LogP contribution in [-0.2, 0) is 9.59 Å². The Balaban J connectivity index is 1.70. The summed E-state index contributed by atoms with van der Waals surface area (Å²) in [5, 5.41) is 6.98. The van der Waals surface area contributed by atoms with Gasteiger partial charge in [0, 0.05) is 23.9 Å². The van der Waals surface area contributed by atoms with Gasteiger partial charge in [0.15, 0.2) is 0 Å². The second-order valence-corrected chi connectivity index (χ2v) is 8.10. The van der Waals surface area contributed by atoms with E-state index in [4.69, 9.17) is 11.6 Å². The maximum Gasteiger partial charge on any atom is 0.223 e. The molecule has 2 amide bonds. The molecule has 0 bridgehead atoms. The lowest BCUT2D eigenvalue weighted by atomic mass is 9.89. The van der Waals surface area contributed by atoms with Crippen molar-refractivity contribution in [3.8, 4) is 0 Å². The first-order chi connectivity index (χ1) is 12.6. The molecule has 0 aromatic heterocycles. The quantitative estimate of drug-likeness (QED) is 0.819. The van der Waals surface area contributed by atoms with E-state index in [1.807, 2.05) is 18.2 Å². The van der Waals surface area contributed by atoms with Gasteiger partial charge in [0.1, 0.15) is 0 Å². The summed E-state index contributed by atoms with van der Waals surface area (Å²) >= 11 is 6.20. The van der Waals surface area contributed by atoms with Crippen LogP contribution >= 0.6 is 11.6 Å². The molecule has 2 fully saturated rings. The third-order valence-corrected chi connectivity index (χ3v) is 5.99. The zero-order valence-electron chi connectivity index (χ0n) is 15.3.